The van der Waals surface area contributed by atoms with Crippen LogP contribution >= 0.6 is 12.4 Å². The molecule has 1 aromatic carbocycles. The largest absolute Gasteiger partial charge is 0.356 e. The second-order valence-corrected chi connectivity index (χ2v) is 6.88. The van der Waals surface area contributed by atoms with Gasteiger partial charge in [-0.2, -0.15) is 0 Å². The molecule has 0 amide bonds. The van der Waals surface area contributed by atoms with E-state index in [0.29, 0.717) is 5.92 Å². The van der Waals surface area contributed by atoms with Gasteiger partial charge in [-0.05, 0) is 56.5 Å². The first kappa shape index (κ1) is 14.9. The van der Waals surface area contributed by atoms with Gasteiger partial charge in [-0.3, -0.25) is 9.97 Å². The lowest BCUT2D eigenvalue weighted by Gasteiger charge is -2.44. The number of H-pyrrole nitrogens is 1. The third-order valence-electron chi connectivity index (χ3n) is 5.56. The van der Waals surface area contributed by atoms with Crippen molar-refractivity contribution in [3.63, 3.8) is 0 Å². The number of hydrogen-bond acceptors (Lipinski definition) is 3. The van der Waals surface area contributed by atoms with Gasteiger partial charge >= 0.3 is 0 Å². The Morgan fingerprint density at radius 2 is 1.96 bits per heavy atom. The zero-order valence-corrected chi connectivity index (χ0v) is 14.1. The second kappa shape index (κ2) is 5.46. The SMILES string of the molecule is Cc1cnc2c(ccc3ncc(C4CN5CCC4CC5)c32)[nH]1.Cl. The second-order valence-electron chi connectivity index (χ2n) is 6.88. The van der Waals surface area contributed by atoms with Crippen LogP contribution in [0, 0.1) is 12.8 Å². The number of aryl methyl sites for hydroxylation is 1. The highest BCUT2D eigenvalue weighted by Crippen LogP contribution is 2.42. The van der Waals surface area contributed by atoms with E-state index in [1.807, 2.05) is 13.1 Å². The third-order valence-corrected chi connectivity index (χ3v) is 5.56. The summed E-state index contributed by atoms with van der Waals surface area (Å²) in [5.41, 5.74) is 5.79. The maximum atomic E-state index is 4.71. The first-order chi connectivity index (χ1) is 10.8. The Hall–Kier alpha value is -1.65. The maximum Gasteiger partial charge on any atom is 0.0962 e. The van der Waals surface area contributed by atoms with Crippen LogP contribution in [0.5, 0.6) is 0 Å². The Bertz CT molecular complexity index is 864. The van der Waals surface area contributed by atoms with Crippen molar-refractivity contribution in [1.29, 1.82) is 0 Å². The molecular formula is C18H21ClN4. The molecule has 3 aliphatic heterocycles. The van der Waals surface area contributed by atoms with Gasteiger partial charge in [0.25, 0.3) is 0 Å². The average molecular weight is 329 g/mol. The summed E-state index contributed by atoms with van der Waals surface area (Å²) in [6.07, 6.45) is 6.70. The van der Waals surface area contributed by atoms with Crippen LogP contribution in [0.4, 0.5) is 0 Å². The lowest BCUT2D eigenvalue weighted by atomic mass is 9.75. The van der Waals surface area contributed by atoms with Gasteiger partial charge < -0.3 is 9.88 Å². The van der Waals surface area contributed by atoms with Crippen molar-refractivity contribution in [3.8, 4) is 0 Å². The molecule has 6 rings (SSSR count). The number of aromatic nitrogens is 3. The summed E-state index contributed by atoms with van der Waals surface area (Å²) < 4.78 is 0. The summed E-state index contributed by atoms with van der Waals surface area (Å²) in [5.74, 6) is 1.45. The highest BCUT2D eigenvalue weighted by Gasteiger charge is 2.36. The van der Waals surface area contributed by atoms with Crippen molar-refractivity contribution >= 4 is 34.3 Å². The van der Waals surface area contributed by atoms with Crippen molar-refractivity contribution in [3.05, 3.63) is 35.8 Å². The van der Waals surface area contributed by atoms with Gasteiger partial charge in [0.05, 0.1) is 16.6 Å². The van der Waals surface area contributed by atoms with Crippen molar-refractivity contribution in [2.45, 2.75) is 25.7 Å². The van der Waals surface area contributed by atoms with E-state index in [1.54, 1.807) is 0 Å². The average Bonchev–Trinajstić information content (AvgIpc) is 3.00. The monoisotopic (exact) mass is 328 g/mol. The Labute approximate surface area is 141 Å². The zero-order valence-electron chi connectivity index (χ0n) is 13.2. The molecule has 0 spiro atoms. The molecule has 0 aliphatic carbocycles. The van der Waals surface area contributed by atoms with Crippen molar-refractivity contribution < 1.29 is 0 Å². The highest BCUT2D eigenvalue weighted by molar-refractivity contribution is 6.04. The molecule has 3 saturated heterocycles. The van der Waals surface area contributed by atoms with E-state index in [4.69, 9.17) is 4.98 Å². The molecule has 2 aromatic heterocycles. The van der Waals surface area contributed by atoms with Crippen molar-refractivity contribution in [1.82, 2.24) is 19.9 Å². The van der Waals surface area contributed by atoms with Gasteiger partial charge in [-0.1, -0.05) is 0 Å². The normalized spacial score (nSPS) is 26.6. The predicted molar refractivity (Wildman–Crippen MR) is 95.3 cm³/mol. The molecule has 1 unspecified atom stereocenters. The zero-order chi connectivity index (χ0) is 14.7. The summed E-state index contributed by atoms with van der Waals surface area (Å²) in [4.78, 5) is 15.4. The number of aromatic amines is 1. The van der Waals surface area contributed by atoms with Gasteiger partial charge in [0.15, 0.2) is 0 Å². The summed E-state index contributed by atoms with van der Waals surface area (Å²) in [6, 6.07) is 4.23. The van der Waals surface area contributed by atoms with Crippen LogP contribution in [0.15, 0.2) is 24.5 Å². The number of benzene rings is 1. The number of piperidine rings is 3. The summed E-state index contributed by atoms with van der Waals surface area (Å²) in [6.45, 7) is 5.80. The molecule has 4 nitrogen and oxygen atoms in total. The van der Waals surface area contributed by atoms with E-state index in [0.717, 1.165) is 28.2 Å². The number of rotatable bonds is 1. The van der Waals surface area contributed by atoms with Crippen LogP contribution < -0.4 is 0 Å². The van der Waals surface area contributed by atoms with Crippen LogP contribution in [0.25, 0.3) is 21.9 Å². The molecule has 0 saturated carbocycles. The molecular weight excluding hydrogens is 308 g/mol. The molecule has 5 heterocycles. The van der Waals surface area contributed by atoms with Crippen LogP contribution in [-0.4, -0.2) is 39.5 Å². The first-order valence-corrected chi connectivity index (χ1v) is 8.25. The van der Waals surface area contributed by atoms with Crippen molar-refractivity contribution in [2.75, 3.05) is 19.6 Å². The molecule has 1 atom stereocenters. The maximum absolute atomic E-state index is 4.71. The minimum Gasteiger partial charge on any atom is -0.356 e. The van der Waals surface area contributed by atoms with E-state index < -0.39 is 0 Å². The summed E-state index contributed by atoms with van der Waals surface area (Å²) in [7, 11) is 0. The van der Waals surface area contributed by atoms with Crippen LogP contribution in [0.2, 0.25) is 0 Å². The molecule has 120 valence electrons. The van der Waals surface area contributed by atoms with Gasteiger partial charge in [0.2, 0.25) is 0 Å². The number of nitrogens with zero attached hydrogens (tertiary/aromatic N) is 3. The fourth-order valence-corrected chi connectivity index (χ4v) is 4.42. The van der Waals surface area contributed by atoms with E-state index >= 15 is 0 Å². The molecule has 5 heteroatoms. The van der Waals surface area contributed by atoms with Crippen LogP contribution in [-0.2, 0) is 0 Å². The fraction of sp³-hybridized carbons (Fsp3) is 0.444. The van der Waals surface area contributed by atoms with E-state index in [2.05, 4.69) is 33.2 Å². The van der Waals surface area contributed by atoms with Gasteiger partial charge in [0, 0.05) is 35.9 Å². The third kappa shape index (κ3) is 2.24. The molecule has 2 bridgehead atoms. The van der Waals surface area contributed by atoms with E-state index in [9.17, 15) is 0 Å². The molecule has 3 aliphatic rings. The quantitative estimate of drug-likeness (QED) is 0.741. The van der Waals surface area contributed by atoms with Gasteiger partial charge in [-0.25, -0.2) is 0 Å². The van der Waals surface area contributed by atoms with Crippen molar-refractivity contribution in [2.24, 2.45) is 5.92 Å². The minimum atomic E-state index is 0. The Kier molecular flexibility index (Phi) is 3.54. The minimum absolute atomic E-state index is 0. The smallest absolute Gasteiger partial charge is 0.0962 e. The Morgan fingerprint density at radius 1 is 1.13 bits per heavy atom. The molecule has 0 radical (unpaired) electrons. The van der Waals surface area contributed by atoms with E-state index in [1.165, 1.54) is 43.4 Å². The summed E-state index contributed by atoms with van der Waals surface area (Å²) in [5, 5.41) is 1.27. The van der Waals surface area contributed by atoms with Crippen LogP contribution in [0.1, 0.15) is 30.0 Å². The summed E-state index contributed by atoms with van der Waals surface area (Å²) >= 11 is 0. The highest BCUT2D eigenvalue weighted by atomic mass is 35.5. The number of halogens is 1. The molecule has 23 heavy (non-hydrogen) atoms. The van der Waals surface area contributed by atoms with E-state index in [-0.39, 0.29) is 12.4 Å². The Morgan fingerprint density at radius 3 is 2.70 bits per heavy atom. The topological polar surface area (TPSA) is 44.8 Å². The van der Waals surface area contributed by atoms with Gasteiger partial charge in [0.1, 0.15) is 0 Å². The Balaban J connectivity index is 0.00000135. The van der Waals surface area contributed by atoms with Crippen LogP contribution in [0.3, 0.4) is 0 Å². The predicted octanol–water partition coefficient (Wildman–Crippen LogP) is 3.65. The lowest BCUT2D eigenvalue weighted by molar-refractivity contribution is 0.0877. The lowest BCUT2D eigenvalue weighted by Crippen LogP contribution is -2.46. The molecule has 3 aromatic rings. The van der Waals surface area contributed by atoms with Gasteiger partial charge in [-0.15, -0.1) is 12.4 Å². The number of hydrogen-bond donors (Lipinski definition) is 1. The number of nitrogens with one attached hydrogen (secondary N) is 1. The molecule has 1 N–H and O–H groups in total. The molecule has 3 fully saturated rings. The number of fused-ring (bicyclic) bond motifs is 6. The standard InChI is InChI=1S/C18H20N4.ClH/c1-11-8-20-18-16(21-11)3-2-15-17(18)13(9-19-15)14-10-22-6-4-12(14)5-7-22;/h2-3,8-9,12,14,21H,4-7,10H2,1H3;1H. The first-order valence-electron chi connectivity index (χ1n) is 8.25. The fourth-order valence-electron chi connectivity index (χ4n) is 4.42.